The molecule has 0 aliphatic carbocycles. The molecule has 0 atom stereocenters. The van der Waals surface area contributed by atoms with Crippen molar-refractivity contribution in [3.8, 4) is 23.3 Å². The van der Waals surface area contributed by atoms with Crippen molar-refractivity contribution < 1.29 is 19.0 Å². The van der Waals surface area contributed by atoms with Crippen LogP contribution in [-0.2, 0) is 11.2 Å². The summed E-state index contributed by atoms with van der Waals surface area (Å²) in [6.45, 7) is 2.60. The molecule has 3 rings (SSSR count). The van der Waals surface area contributed by atoms with E-state index in [0.717, 1.165) is 17.2 Å². The Kier molecular flexibility index (Phi) is 8.80. The lowest BCUT2D eigenvalue weighted by atomic mass is 10.1. The van der Waals surface area contributed by atoms with E-state index in [0.29, 0.717) is 39.9 Å². The van der Waals surface area contributed by atoms with Gasteiger partial charge in [-0.2, -0.15) is 5.26 Å². The molecule has 170 valence electrons. The largest absolute Gasteiger partial charge is 0.493 e. The molecule has 0 spiro atoms. The van der Waals surface area contributed by atoms with Crippen molar-refractivity contribution in [2.75, 3.05) is 25.6 Å². The molecular weight excluding hydrogens is 508 g/mol. The first-order valence-corrected chi connectivity index (χ1v) is 11.6. The molecule has 0 saturated heterocycles. The molecule has 1 N–H and O–H groups in total. The second-order valence-electron chi connectivity index (χ2n) is 6.52. The first-order valence-electron chi connectivity index (χ1n) is 9.97. The van der Waals surface area contributed by atoms with Crippen LogP contribution >= 0.6 is 27.3 Å². The standard InChI is InChI=1S/C23H21BrN4O4S/c1-3-20-27-28-23(33-20)26-22(29)16(14-25)11-15-12-18(24)21(19(13-15)30-2)32-10-9-31-17-7-5-4-6-8-17/h4-8,11-13H,3,9-10H2,1-2H3,(H,26,28,29)/b16-11-. The number of hydrogen-bond donors (Lipinski definition) is 1. The number of halogens is 1. The average molecular weight is 529 g/mol. The summed E-state index contributed by atoms with van der Waals surface area (Å²) in [4.78, 5) is 12.5. The van der Waals surface area contributed by atoms with Gasteiger partial charge in [0.2, 0.25) is 5.13 Å². The third-order valence-electron chi connectivity index (χ3n) is 4.26. The Labute approximate surface area is 204 Å². The number of hydrogen-bond acceptors (Lipinski definition) is 8. The van der Waals surface area contributed by atoms with Crippen LogP contribution in [0.1, 0.15) is 17.5 Å². The van der Waals surface area contributed by atoms with Crippen molar-refractivity contribution >= 4 is 44.4 Å². The fraction of sp³-hybridized carbons (Fsp3) is 0.217. The minimum absolute atomic E-state index is 0.0814. The summed E-state index contributed by atoms with van der Waals surface area (Å²) in [7, 11) is 1.52. The van der Waals surface area contributed by atoms with Gasteiger partial charge in [-0.15, -0.1) is 10.2 Å². The van der Waals surface area contributed by atoms with Gasteiger partial charge in [-0.1, -0.05) is 36.5 Å². The van der Waals surface area contributed by atoms with Crippen LogP contribution in [0.3, 0.4) is 0 Å². The van der Waals surface area contributed by atoms with Crippen LogP contribution in [0.15, 0.2) is 52.5 Å². The number of aromatic nitrogens is 2. The molecule has 0 fully saturated rings. The first kappa shape index (κ1) is 24.2. The number of methoxy groups -OCH3 is 1. The summed E-state index contributed by atoms with van der Waals surface area (Å²) in [6.07, 6.45) is 2.18. The molecule has 0 aliphatic rings. The van der Waals surface area contributed by atoms with Crippen LogP contribution in [0, 0.1) is 11.3 Å². The maximum absolute atomic E-state index is 12.5. The quantitative estimate of drug-likeness (QED) is 0.227. The van der Waals surface area contributed by atoms with E-state index in [1.807, 2.05) is 43.3 Å². The molecule has 0 bridgehead atoms. The van der Waals surface area contributed by atoms with Gasteiger partial charge in [0.05, 0.1) is 11.6 Å². The van der Waals surface area contributed by atoms with Crippen LogP contribution in [-0.4, -0.2) is 36.4 Å². The van der Waals surface area contributed by atoms with Crippen molar-refractivity contribution in [1.82, 2.24) is 10.2 Å². The van der Waals surface area contributed by atoms with Crippen LogP contribution in [0.2, 0.25) is 0 Å². The Bertz CT molecular complexity index is 1170. The van der Waals surface area contributed by atoms with Gasteiger partial charge in [0, 0.05) is 0 Å². The highest BCUT2D eigenvalue weighted by Gasteiger charge is 2.15. The summed E-state index contributed by atoms with van der Waals surface area (Å²) in [5, 5.41) is 21.1. The monoisotopic (exact) mass is 528 g/mol. The van der Waals surface area contributed by atoms with Crippen molar-refractivity contribution in [2.24, 2.45) is 0 Å². The van der Waals surface area contributed by atoms with E-state index in [1.165, 1.54) is 24.5 Å². The summed E-state index contributed by atoms with van der Waals surface area (Å²) in [6, 6.07) is 14.8. The lowest BCUT2D eigenvalue weighted by Crippen LogP contribution is -2.13. The third-order valence-corrected chi connectivity index (χ3v) is 5.83. The molecule has 10 heteroatoms. The van der Waals surface area contributed by atoms with Gasteiger partial charge in [-0.05, 0) is 58.3 Å². The van der Waals surface area contributed by atoms with E-state index in [2.05, 4.69) is 31.4 Å². The van der Waals surface area contributed by atoms with E-state index in [1.54, 1.807) is 12.1 Å². The maximum atomic E-state index is 12.5. The summed E-state index contributed by atoms with van der Waals surface area (Å²) in [5.41, 5.74) is 0.506. The van der Waals surface area contributed by atoms with Gasteiger partial charge >= 0.3 is 0 Å². The minimum atomic E-state index is -0.565. The Balaban J connectivity index is 1.69. The zero-order valence-corrected chi connectivity index (χ0v) is 20.4. The molecule has 1 aromatic heterocycles. The van der Waals surface area contributed by atoms with E-state index in [-0.39, 0.29) is 5.57 Å². The smallest absolute Gasteiger partial charge is 0.268 e. The fourth-order valence-corrected chi connectivity index (χ4v) is 3.96. The van der Waals surface area contributed by atoms with Crippen molar-refractivity contribution in [2.45, 2.75) is 13.3 Å². The number of amides is 1. The highest BCUT2D eigenvalue weighted by molar-refractivity contribution is 9.10. The van der Waals surface area contributed by atoms with E-state index >= 15 is 0 Å². The van der Waals surface area contributed by atoms with Crippen molar-refractivity contribution in [1.29, 1.82) is 5.26 Å². The van der Waals surface area contributed by atoms with E-state index in [4.69, 9.17) is 14.2 Å². The number of aryl methyl sites for hydroxylation is 1. The number of carbonyl (C=O) groups excluding carboxylic acids is 1. The minimum Gasteiger partial charge on any atom is -0.493 e. The van der Waals surface area contributed by atoms with Gasteiger partial charge < -0.3 is 14.2 Å². The van der Waals surface area contributed by atoms with Crippen LogP contribution in [0.4, 0.5) is 5.13 Å². The molecule has 33 heavy (non-hydrogen) atoms. The normalized spacial score (nSPS) is 10.9. The molecule has 0 unspecified atom stereocenters. The highest BCUT2D eigenvalue weighted by atomic mass is 79.9. The lowest BCUT2D eigenvalue weighted by molar-refractivity contribution is -0.112. The first-order chi connectivity index (χ1) is 16.0. The van der Waals surface area contributed by atoms with Crippen LogP contribution in [0.5, 0.6) is 17.2 Å². The number of para-hydroxylation sites is 1. The van der Waals surface area contributed by atoms with Gasteiger partial charge in [-0.25, -0.2) is 0 Å². The SMILES string of the molecule is CCc1nnc(NC(=O)/C(C#N)=C\c2cc(Br)c(OCCOc3ccccc3)c(OC)c2)s1. The molecule has 2 aromatic carbocycles. The second-order valence-corrected chi connectivity index (χ2v) is 8.44. The van der Waals surface area contributed by atoms with Gasteiger partial charge in [0.1, 0.15) is 35.6 Å². The summed E-state index contributed by atoms with van der Waals surface area (Å²) < 4.78 is 17.5. The third kappa shape index (κ3) is 6.78. The Morgan fingerprint density at radius 2 is 1.97 bits per heavy atom. The summed E-state index contributed by atoms with van der Waals surface area (Å²) in [5.74, 6) is 1.14. The number of anilines is 1. The summed E-state index contributed by atoms with van der Waals surface area (Å²) >= 11 is 4.74. The molecule has 1 amide bonds. The number of nitriles is 1. The number of benzene rings is 2. The van der Waals surface area contributed by atoms with Crippen LogP contribution < -0.4 is 19.5 Å². The number of rotatable bonds is 10. The Hall–Kier alpha value is -3.42. The molecule has 0 radical (unpaired) electrons. The zero-order chi connectivity index (χ0) is 23.6. The average Bonchev–Trinajstić information content (AvgIpc) is 3.29. The molecule has 3 aromatic rings. The predicted octanol–water partition coefficient (Wildman–Crippen LogP) is 4.88. The lowest BCUT2D eigenvalue weighted by Gasteiger charge is -2.14. The number of ether oxygens (including phenoxy) is 3. The maximum Gasteiger partial charge on any atom is 0.268 e. The van der Waals surface area contributed by atoms with Crippen LogP contribution in [0.25, 0.3) is 6.08 Å². The number of nitrogens with zero attached hydrogens (tertiary/aromatic N) is 3. The van der Waals surface area contributed by atoms with Crippen molar-refractivity contribution in [3.63, 3.8) is 0 Å². The predicted molar refractivity (Wildman–Crippen MR) is 130 cm³/mol. The zero-order valence-electron chi connectivity index (χ0n) is 18.0. The van der Waals surface area contributed by atoms with Gasteiger partial charge in [0.15, 0.2) is 11.5 Å². The molecular formula is C23H21BrN4O4S. The molecule has 0 saturated carbocycles. The number of nitrogens with one attached hydrogen (secondary N) is 1. The van der Waals surface area contributed by atoms with E-state index in [9.17, 15) is 10.1 Å². The number of carbonyl (C=O) groups is 1. The van der Waals surface area contributed by atoms with E-state index < -0.39 is 5.91 Å². The molecule has 0 aliphatic heterocycles. The highest BCUT2D eigenvalue weighted by Crippen LogP contribution is 2.37. The Morgan fingerprint density at radius 3 is 2.64 bits per heavy atom. The molecule has 1 heterocycles. The van der Waals surface area contributed by atoms with Gasteiger partial charge in [-0.3, -0.25) is 10.1 Å². The topological polar surface area (TPSA) is 106 Å². The molecule has 8 nitrogen and oxygen atoms in total. The Morgan fingerprint density at radius 1 is 1.21 bits per heavy atom. The second kappa shape index (κ2) is 12.0. The fourth-order valence-electron chi connectivity index (χ4n) is 2.71. The van der Waals surface area contributed by atoms with Crippen molar-refractivity contribution in [3.05, 3.63) is 63.1 Å². The van der Waals surface area contributed by atoms with Gasteiger partial charge in [0.25, 0.3) is 5.91 Å².